The van der Waals surface area contributed by atoms with Crippen molar-refractivity contribution in [3.63, 3.8) is 0 Å². The topological polar surface area (TPSA) is 49.6 Å². The summed E-state index contributed by atoms with van der Waals surface area (Å²) in [6.07, 6.45) is 0.592. The van der Waals surface area contributed by atoms with E-state index in [1.165, 1.54) is 0 Å². The Bertz CT molecular complexity index is 361. The van der Waals surface area contributed by atoms with E-state index in [4.69, 9.17) is 5.73 Å². The number of amides is 1. The fourth-order valence-corrected chi connectivity index (χ4v) is 1.75. The first kappa shape index (κ1) is 9.98. The van der Waals surface area contributed by atoms with Crippen molar-refractivity contribution in [1.82, 2.24) is 5.01 Å². The molecule has 1 saturated heterocycles. The van der Waals surface area contributed by atoms with Gasteiger partial charge in [0.25, 0.3) is 0 Å². The summed E-state index contributed by atoms with van der Waals surface area (Å²) >= 11 is 0. The number of carbonyl (C=O) groups excluding carboxylic acids is 1. The maximum absolute atomic E-state index is 11.3. The number of rotatable bonds is 2. The molecule has 1 aromatic rings. The highest BCUT2D eigenvalue weighted by Crippen LogP contribution is 2.21. The molecule has 4 nitrogen and oxygen atoms in total. The molecule has 1 amide bonds. The normalized spacial score (nSPS) is 16.3. The van der Waals surface area contributed by atoms with Crippen LogP contribution in [0.25, 0.3) is 0 Å². The third-order valence-corrected chi connectivity index (χ3v) is 2.73. The fraction of sp³-hybridized carbons (Fsp3) is 0.364. The first-order valence-electron chi connectivity index (χ1n) is 5.05. The van der Waals surface area contributed by atoms with Crippen LogP contribution in [0.5, 0.6) is 0 Å². The van der Waals surface area contributed by atoms with E-state index in [9.17, 15) is 4.79 Å². The summed E-state index contributed by atoms with van der Waals surface area (Å²) in [5.74, 6) is 0.165. The smallest absolute Gasteiger partial charge is 0.242 e. The first-order chi connectivity index (χ1) is 7.22. The summed E-state index contributed by atoms with van der Waals surface area (Å²) in [6.45, 7) is 1.31. The molecule has 1 aromatic carbocycles. The largest absolute Gasteiger partial charge is 0.326 e. The van der Waals surface area contributed by atoms with Crippen molar-refractivity contribution in [2.75, 3.05) is 18.6 Å². The van der Waals surface area contributed by atoms with E-state index in [1.807, 2.05) is 29.3 Å². The summed E-state index contributed by atoms with van der Waals surface area (Å²) in [4.78, 5) is 11.3. The maximum Gasteiger partial charge on any atom is 0.242 e. The molecule has 80 valence electrons. The second-order valence-corrected chi connectivity index (χ2v) is 3.66. The molecular weight excluding hydrogens is 190 g/mol. The average Bonchev–Trinajstić information content (AvgIpc) is 2.60. The predicted molar refractivity (Wildman–Crippen MR) is 59.1 cm³/mol. The van der Waals surface area contributed by atoms with Crippen molar-refractivity contribution >= 4 is 11.6 Å². The van der Waals surface area contributed by atoms with Crippen LogP contribution in [-0.2, 0) is 11.3 Å². The van der Waals surface area contributed by atoms with Crippen molar-refractivity contribution in [2.45, 2.75) is 13.0 Å². The van der Waals surface area contributed by atoms with Crippen LogP contribution in [0.2, 0.25) is 0 Å². The Morgan fingerprint density at radius 2 is 2.00 bits per heavy atom. The van der Waals surface area contributed by atoms with Crippen molar-refractivity contribution in [2.24, 2.45) is 5.73 Å². The first-order valence-corrected chi connectivity index (χ1v) is 5.05. The fourth-order valence-electron chi connectivity index (χ4n) is 1.75. The molecule has 1 aliphatic heterocycles. The zero-order valence-corrected chi connectivity index (χ0v) is 8.81. The van der Waals surface area contributed by atoms with E-state index in [0.29, 0.717) is 13.0 Å². The van der Waals surface area contributed by atoms with Crippen LogP contribution in [-0.4, -0.2) is 24.5 Å². The molecule has 0 radical (unpaired) electrons. The van der Waals surface area contributed by atoms with Crippen LogP contribution >= 0.6 is 0 Å². The number of hydrogen-bond donors (Lipinski definition) is 1. The summed E-state index contributed by atoms with van der Waals surface area (Å²) in [5.41, 5.74) is 7.67. The molecule has 4 heteroatoms. The number of nitrogens with two attached hydrogens (primary N) is 1. The molecule has 15 heavy (non-hydrogen) atoms. The number of hydrogen-bond acceptors (Lipinski definition) is 3. The lowest BCUT2D eigenvalue weighted by atomic mass is 10.2. The van der Waals surface area contributed by atoms with Gasteiger partial charge in [-0.15, -0.1) is 0 Å². The monoisotopic (exact) mass is 205 g/mol. The van der Waals surface area contributed by atoms with E-state index < -0.39 is 0 Å². The second-order valence-electron chi connectivity index (χ2n) is 3.66. The van der Waals surface area contributed by atoms with E-state index in [2.05, 4.69) is 0 Å². The molecule has 0 unspecified atom stereocenters. The van der Waals surface area contributed by atoms with E-state index >= 15 is 0 Å². The maximum atomic E-state index is 11.3. The van der Waals surface area contributed by atoms with E-state index in [-0.39, 0.29) is 5.91 Å². The number of hydrazine groups is 1. The summed E-state index contributed by atoms with van der Waals surface area (Å²) in [5, 5.41) is 3.64. The Hall–Kier alpha value is -1.55. The van der Waals surface area contributed by atoms with Gasteiger partial charge in [0.2, 0.25) is 5.91 Å². The molecule has 2 rings (SSSR count). The van der Waals surface area contributed by atoms with Gasteiger partial charge in [-0.05, 0) is 17.7 Å². The molecule has 0 bridgehead atoms. The molecule has 1 heterocycles. The highest BCUT2D eigenvalue weighted by atomic mass is 16.2. The Morgan fingerprint density at radius 3 is 2.47 bits per heavy atom. The lowest BCUT2D eigenvalue weighted by Gasteiger charge is -2.26. The van der Waals surface area contributed by atoms with Gasteiger partial charge in [0.1, 0.15) is 0 Å². The van der Waals surface area contributed by atoms with Gasteiger partial charge in [-0.25, -0.2) is 0 Å². The van der Waals surface area contributed by atoms with Crippen LogP contribution < -0.4 is 10.7 Å². The lowest BCUT2D eigenvalue weighted by molar-refractivity contribution is -0.126. The lowest BCUT2D eigenvalue weighted by Crippen LogP contribution is -2.35. The Labute approximate surface area is 89.2 Å². The van der Waals surface area contributed by atoms with Crippen molar-refractivity contribution in [3.8, 4) is 0 Å². The summed E-state index contributed by atoms with van der Waals surface area (Å²) < 4.78 is 0. The Kier molecular flexibility index (Phi) is 2.60. The van der Waals surface area contributed by atoms with Gasteiger partial charge in [0.15, 0.2) is 0 Å². The number of nitrogens with zero attached hydrogens (tertiary/aromatic N) is 2. The highest BCUT2D eigenvalue weighted by Gasteiger charge is 2.25. The van der Waals surface area contributed by atoms with Gasteiger partial charge in [-0.3, -0.25) is 14.8 Å². The van der Waals surface area contributed by atoms with Crippen LogP contribution in [0.15, 0.2) is 24.3 Å². The predicted octanol–water partition coefficient (Wildman–Crippen LogP) is 0.729. The van der Waals surface area contributed by atoms with E-state index in [0.717, 1.165) is 17.8 Å². The standard InChI is InChI=1S/C11H15N3O/c1-13-11(15)6-7-14(13)10-4-2-9(8-12)3-5-10/h2-5H,6-8,12H2,1H3. The number of benzene rings is 1. The molecule has 0 atom stereocenters. The molecule has 0 aromatic heterocycles. The minimum absolute atomic E-state index is 0.165. The van der Waals surface area contributed by atoms with Crippen LogP contribution in [0.1, 0.15) is 12.0 Å². The third-order valence-electron chi connectivity index (χ3n) is 2.73. The molecule has 0 saturated carbocycles. The highest BCUT2D eigenvalue weighted by molar-refractivity contribution is 5.81. The Balaban J connectivity index is 2.19. The van der Waals surface area contributed by atoms with Crippen LogP contribution in [0.4, 0.5) is 5.69 Å². The molecule has 0 aliphatic carbocycles. The molecular formula is C11H15N3O. The van der Waals surface area contributed by atoms with Crippen molar-refractivity contribution in [1.29, 1.82) is 0 Å². The molecule has 2 N–H and O–H groups in total. The van der Waals surface area contributed by atoms with Gasteiger partial charge >= 0.3 is 0 Å². The second kappa shape index (κ2) is 3.90. The zero-order valence-electron chi connectivity index (χ0n) is 8.81. The number of anilines is 1. The zero-order chi connectivity index (χ0) is 10.8. The molecule has 0 spiro atoms. The number of carbonyl (C=O) groups is 1. The quantitative estimate of drug-likeness (QED) is 0.774. The van der Waals surface area contributed by atoms with Gasteiger partial charge < -0.3 is 5.73 Å². The van der Waals surface area contributed by atoms with E-state index in [1.54, 1.807) is 12.1 Å². The summed E-state index contributed by atoms with van der Waals surface area (Å²) in [6, 6.07) is 7.98. The van der Waals surface area contributed by atoms with Gasteiger partial charge in [0.05, 0.1) is 5.69 Å². The average molecular weight is 205 g/mol. The van der Waals surface area contributed by atoms with Crippen molar-refractivity contribution < 1.29 is 4.79 Å². The minimum atomic E-state index is 0.165. The van der Waals surface area contributed by atoms with Crippen LogP contribution in [0, 0.1) is 0 Å². The van der Waals surface area contributed by atoms with Gasteiger partial charge in [-0.2, -0.15) is 0 Å². The SMILES string of the molecule is CN1C(=O)CCN1c1ccc(CN)cc1. The summed E-state index contributed by atoms with van der Waals surface area (Å²) in [7, 11) is 1.80. The molecule has 1 aliphatic rings. The van der Waals surface area contributed by atoms with Gasteiger partial charge in [-0.1, -0.05) is 12.1 Å². The minimum Gasteiger partial charge on any atom is -0.326 e. The molecule has 1 fully saturated rings. The van der Waals surface area contributed by atoms with Crippen LogP contribution in [0.3, 0.4) is 0 Å². The third kappa shape index (κ3) is 1.80. The van der Waals surface area contributed by atoms with Crippen molar-refractivity contribution in [3.05, 3.63) is 29.8 Å². The van der Waals surface area contributed by atoms with Gasteiger partial charge in [0, 0.05) is 26.6 Å². The Morgan fingerprint density at radius 1 is 1.33 bits per heavy atom.